The number of hydrazone groups is 1. The van der Waals surface area contributed by atoms with Crippen LogP contribution in [-0.2, 0) is 13.6 Å². The van der Waals surface area contributed by atoms with Crippen molar-refractivity contribution >= 4 is 14.0 Å². The van der Waals surface area contributed by atoms with E-state index in [1.807, 2.05) is 71.9 Å². The van der Waals surface area contributed by atoms with Gasteiger partial charge in [-0.15, -0.1) is 0 Å². The first-order chi connectivity index (χ1) is 9.49. The number of nitrogens with one attached hydrogen (secondary N) is 1. The molecule has 1 aromatic rings. The Hall–Kier alpha value is -1.16. The van der Waals surface area contributed by atoms with Crippen LogP contribution in [0, 0.1) is 0 Å². The highest BCUT2D eigenvalue weighted by Crippen LogP contribution is 2.50. The second kappa shape index (κ2) is 6.73. The molecule has 0 aromatic heterocycles. The monoisotopic (exact) mass is 312 g/mol. The standard InChI is InChI=1S/C15H25N2O3P/c1-14(2,3)19-21(18,20-15(4,5)6)17-16-12-13-10-8-7-9-11-13/h7-12H,1-6H3,(H,17,18)/b16-12+. The molecule has 0 aliphatic rings. The highest BCUT2D eigenvalue weighted by Gasteiger charge is 2.35. The van der Waals surface area contributed by atoms with Crippen molar-refractivity contribution in [3.63, 3.8) is 0 Å². The normalized spacial score (nSPS) is 13.6. The first-order valence-electron chi connectivity index (χ1n) is 6.86. The van der Waals surface area contributed by atoms with E-state index in [1.165, 1.54) is 0 Å². The van der Waals surface area contributed by atoms with Gasteiger partial charge in [0, 0.05) is 0 Å². The number of rotatable bonds is 5. The summed E-state index contributed by atoms with van der Waals surface area (Å²) in [7, 11) is -3.55. The Morgan fingerprint density at radius 1 is 1.00 bits per heavy atom. The quantitative estimate of drug-likeness (QED) is 0.499. The van der Waals surface area contributed by atoms with Crippen LogP contribution in [0.1, 0.15) is 47.1 Å². The predicted octanol–water partition coefficient (Wildman–Crippen LogP) is 4.35. The lowest BCUT2D eigenvalue weighted by Gasteiger charge is -2.30. The van der Waals surface area contributed by atoms with Crippen molar-refractivity contribution in [1.82, 2.24) is 5.20 Å². The molecule has 0 fully saturated rings. The molecule has 0 atom stereocenters. The van der Waals surface area contributed by atoms with Crippen LogP contribution in [0.5, 0.6) is 0 Å². The van der Waals surface area contributed by atoms with Crippen molar-refractivity contribution < 1.29 is 13.6 Å². The Morgan fingerprint density at radius 3 is 1.90 bits per heavy atom. The third-order valence-electron chi connectivity index (χ3n) is 1.98. The summed E-state index contributed by atoms with van der Waals surface area (Å²) in [5, 5.41) is 6.53. The van der Waals surface area contributed by atoms with Gasteiger partial charge in [0.15, 0.2) is 0 Å². The molecule has 1 N–H and O–H groups in total. The summed E-state index contributed by atoms with van der Waals surface area (Å²) in [5.74, 6) is 0. The fourth-order valence-corrected chi connectivity index (χ4v) is 3.25. The molecule has 118 valence electrons. The lowest BCUT2D eigenvalue weighted by Crippen LogP contribution is -2.27. The zero-order valence-corrected chi connectivity index (χ0v) is 14.5. The van der Waals surface area contributed by atoms with Crippen LogP contribution in [-0.4, -0.2) is 17.4 Å². The van der Waals surface area contributed by atoms with E-state index >= 15 is 0 Å². The SMILES string of the molecule is CC(C)(C)OP(=O)(N/N=C/c1ccccc1)OC(C)(C)C. The summed E-state index contributed by atoms with van der Waals surface area (Å²) in [6.45, 7) is 10.9. The summed E-state index contributed by atoms with van der Waals surface area (Å²) in [5.41, 5.74) is -0.338. The second-order valence-electron chi connectivity index (χ2n) is 6.67. The molecule has 0 unspecified atom stereocenters. The number of nitrogens with zero attached hydrogens (tertiary/aromatic N) is 1. The maximum Gasteiger partial charge on any atom is 0.449 e. The average Bonchev–Trinajstić information content (AvgIpc) is 2.24. The van der Waals surface area contributed by atoms with Crippen LogP contribution < -0.4 is 5.20 Å². The Bertz CT molecular complexity index is 496. The molecule has 0 aliphatic carbocycles. The molecule has 0 radical (unpaired) electrons. The van der Waals surface area contributed by atoms with Gasteiger partial charge in [-0.2, -0.15) is 5.10 Å². The molecule has 1 rings (SSSR count). The minimum Gasteiger partial charge on any atom is -0.286 e. The van der Waals surface area contributed by atoms with Crippen molar-refractivity contribution in [1.29, 1.82) is 0 Å². The van der Waals surface area contributed by atoms with Gasteiger partial charge in [-0.1, -0.05) is 30.3 Å². The van der Waals surface area contributed by atoms with Gasteiger partial charge in [0.25, 0.3) is 0 Å². The predicted molar refractivity (Wildman–Crippen MR) is 86.5 cm³/mol. The Balaban J connectivity index is 2.83. The van der Waals surface area contributed by atoms with Gasteiger partial charge in [0.05, 0.1) is 17.4 Å². The van der Waals surface area contributed by atoms with Crippen LogP contribution in [0.4, 0.5) is 0 Å². The van der Waals surface area contributed by atoms with E-state index in [-0.39, 0.29) is 0 Å². The van der Waals surface area contributed by atoms with E-state index in [0.29, 0.717) is 0 Å². The first kappa shape index (κ1) is 17.9. The summed E-state index contributed by atoms with van der Waals surface area (Å²) >= 11 is 0. The molecular weight excluding hydrogens is 287 g/mol. The van der Waals surface area contributed by atoms with Crippen molar-refractivity contribution in [2.24, 2.45) is 5.10 Å². The second-order valence-corrected chi connectivity index (χ2v) is 8.23. The van der Waals surface area contributed by atoms with E-state index in [2.05, 4.69) is 10.3 Å². The molecule has 0 amide bonds. The molecule has 0 heterocycles. The molecule has 0 saturated heterocycles. The molecule has 21 heavy (non-hydrogen) atoms. The van der Waals surface area contributed by atoms with Crippen LogP contribution in [0.25, 0.3) is 0 Å². The number of hydrogen-bond donors (Lipinski definition) is 1. The highest BCUT2D eigenvalue weighted by molar-refractivity contribution is 7.51. The molecule has 0 bridgehead atoms. The van der Waals surface area contributed by atoms with Crippen LogP contribution in [0.15, 0.2) is 35.4 Å². The van der Waals surface area contributed by atoms with Gasteiger partial charge < -0.3 is 0 Å². The number of hydrogen-bond acceptors (Lipinski definition) is 4. The van der Waals surface area contributed by atoms with Gasteiger partial charge in [0.1, 0.15) is 0 Å². The van der Waals surface area contributed by atoms with Crippen molar-refractivity contribution in [3.05, 3.63) is 35.9 Å². The van der Waals surface area contributed by atoms with Crippen molar-refractivity contribution in [2.45, 2.75) is 52.7 Å². The van der Waals surface area contributed by atoms with Gasteiger partial charge in [-0.05, 0) is 47.1 Å². The lowest BCUT2D eigenvalue weighted by atomic mass is 10.2. The van der Waals surface area contributed by atoms with Crippen LogP contribution >= 0.6 is 7.75 Å². The third kappa shape index (κ3) is 8.00. The van der Waals surface area contributed by atoms with E-state index in [0.717, 1.165) is 5.56 Å². The summed E-state index contributed by atoms with van der Waals surface area (Å²) < 4.78 is 23.9. The zero-order valence-electron chi connectivity index (χ0n) is 13.6. The van der Waals surface area contributed by atoms with E-state index in [9.17, 15) is 4.57 Å². The third-order valence-corrected chi connectivity index (χ3v) is 3.92. The van der Waals surface area contributed by atoms with Crippen molar-refractivity contribution in [3.8, 4) is 0 Å². The van der Waals surface area contributed by atoms with Crippen molar-refractivity contribution in [2.75, 3.05) is 0 Å². The maximum atomic E-state index is 12.8. The Kier molecular flexibility index (Phi) is 5.74. The molecular formula is C15H25N2O3P. The van der Waals surface area contributed by atoms with Crippen LogP contribution in [0.3, 0.4) is 0 Å². The molecule has 0 spiro atoms. The molecule has 0 saturated carbocycles. The fourth-order valence-electron chi connectivity index (χ4n) is 1.49. The smallest absolute Gasteiger partial charge is 0.286 e. The topological polar surface area (TPSA) is 59.9 Å². The molecule has 6 heteroatoms. The minimum atomic E-state index is -3.55. The first-order valence-corrected chi connectivity index (χ1v) is 8.40. The van der Waals surface area contributed by atoms with Gasteiger partial charge in [0.2, 0.25) is 0 Å². The Labute approximate surface area is 127 Å². The zero-order chi connectivity index (χ0) is 16.1. The Morgan fingerprint density at radius 2 is 1.48 bits per heavy atom. The number of benzene rings is 1. The van der Waals surface area contributed by atoms with E-state index < -0.39 is 18.9 Å². The average molecular weight is 312 g/mol. The van der Waals surface area contributed by atoms with Gasteiger partial charge in [-0.3, -0.25) is 9.05 Å². The minimum absolute atomic E-state index is 0.615. The lowest BCUT2D eigenvalue weighted by molar-refractivity contribution is 0.0444. The van der Waals surface area contributed by atoms with Gasteiger partial charge >= 0.3 is 7.75 Å². The molecule has 5 nitrogen and oxygen atoms in total. The van der Waals surface area contributed by atoms with Crippen LogP contribution in [0.2, 0.25) is 0 Å². The maximum absolute atomic E-state index is 12.8. The van der Waals surface area contributed by atoms with E-state index in [4.69, 9.17) is 9.05 Å². The highest BCUT2D eigenvalue weighted by atomic mass is 31.2. The molecule has 1 aromatic carbocycles. The fraction of sp³-hybridized carbons (Fsp3) is 0.533. The van der Waals surface area contributed by atoms with Gasteiger partial charge in [-0.25, -0.2) is 9.76 Å². The molecule has 0 aliphatic heterocycles. The summed E-state index contributed by atoms with van der Waals surface area (Å²) in [4.78, 5) is 0. The summed E-state index contributed by atoms with van der Waals surface area (Å²) in [6.07, 6.45) is 1.57. The summed E-state index contributed by atoms with van der Waals surface area (Å²) in [6, 6.07) is 9.51. The largest absolute Gasteiger partial charge is 0.449 e. The van der Waals surface area contributed by atoms with E-state index in [1.54, 1.807) is 6.21 Å².